The molecule has 1 atom stereocenters. The van der Waals surface area contributed by atoms with E-state index in [1.54, 1.807) is 17.0 Å². The van der Waals surface area contributed by atoms with E-state index in [-0.39, 0.29) is 5.69 Å². The fourth-order valence-corrected chi connectivity index (χ4v) is 1.45. The third-order valence-electron chi connectivity index (χ3n) is 1.81. The van der Waals surface area contributed by atoms with Gasteiger partial charge in [0, 0.05) is 18.5 Å². The normalized spacial score (nSPS) is 19.3. The molecule has 0 saturated carbocycles. The van der Waals surface area contributed by atoms with E-state index in [0.29, 0.717) is 5.69 Å². The molecule has 1 aliphatic heterocycles. The second-order valence-corrected chi connectivity index (χ2v) is 3.07. The molecule has 0 spiro atoms. The van der Waals surface area contributed by atoms with Crippen molar-refractivity contribution in [3.05, 3.63) is 34.3 Å². The van der Waals surface area contributed by atoms with Crippen LogP contribution in [0.3, 0.4) is 0 Å². The molecule has 1 N–H and O–H groups in total. The molecule has 0 bridgehead atoms. The zero-order valence-corrected chi connectivity index (χ0v) is 7.23. The molecule has 1 aromatic rings. The van der Waals surface area contributed by atoms with Gasteiger partial charge in [-0.05, 0) is 0 Å². The average Bonchev–Trinajstić information content (AvgIpc) is 2.49. The van der Waals surface area contributed by atoms with E-state index >= 15 is 0 Å². The molecule has 6 heteroatoms. The highest BCUT2D eigenvalue weighted by molar-refractivity contribution is 6.20. The molecule has 0 aliphatic carbocycles. The zero-order valence-electron chi connectivity index (χ0n) is 6.48. The van der Waals surface area contributed by atoms with Gasteiger partial charge in [0.05, 0.1) is 16.8 Å². The Hall–Kier alpha value is -1.49. The van der Waals surface area contributed by atoms with Crippen LogP contribution in [0.1, 0.15) is 11.2 Å². The van der Waals surface area contributed by atoms with Gasteiger partial charge in [0.2, 0.25) is 0 Å². The minimum atomic E-state index is -0.442. The highest BCUT2D eigenvalue weighted by Crippen LogP contribution is 2.26. The smallest absolute Gasteiger partial charge is 0.287 e. The molecule has 68 valence electrons. The Kier molecular flexibility index (Phi) is 1.73. The van der Waals surface area contributed by atoms with Crippen LogP contribution < -0.4 is 5.32 Å². The molecule has 0 saturated heterocycles. The van der Waals surface area contributed by atoms with Crippen LogP contribution in [0.25, 0.3) is 6.20 Å². The average molecular weight is 200 g/mol. The lowest BCUT2D eigenvalue weighted by molar-refractivity contribution is -0.384. The quantitative estimate of drug-likeness (QED) is 0.324. The Labute approximate surface area is 78.8 Å². The fourth-order valence-electron chi connectivity index (χ4n) is 1.21. The summed E-state index contributed by atoms with van der Waals surface area (Å²) in [5.41, 5.74) is 0.323. The summed E-state index contributed by atoms with van der Waals surface area (Å²) in [4.78, 5) is 9.99. The zero-order chi connectivity index (χ0) is 9.42. The lowest BCUT2D eigenvalue weighted by atomic mass is 10.4. The number of rotatable bonds is 1. The van der Waals surface area contributed by atoms with E-state index < -0.39 is 10.4 Å². The van der Waals surface area contributed by atoms with Crippen LogP contribution in [-0.4, -0.2) is 9.49 Å². The SMILES string of the molecule is O=[N+]([O-])c1cc2n(c1)C=CNC2Cl. The number of nitrogens with one attached hydrogen (secondary N) is 1. The van der Waals surface area contributed by atoms with E-state index in [4.69, 9.17) is 11.6 Å². The van der Waals surface area contributed by atoms with Crippen molar-refractivity contribution >= 4 is 23.5 Å². The Morgan fingerprint density at radius 2 is 2.46 bits per heavy atom. The Balaban J connectivity index is 2.49. The molecule has 5 nitrogen and oxygen atoms in total. The summed E-state index contributed by atoms with van der Waals surface area (Å²) in [5.74, 6) is 0. The van der Waals surface area contributed by atoms with Gasteiger partial charge in [0.1, 0.15) is 5.50 Å². The van der Waals surface area contributed by atoms with Crippen LogP contribution in [0.5, 0.6) is 0 Å². The molecule has 0 radical (unpaired) electrons. The van der Waals surface area contributed by atoms with E-state index in [1.165, 1.54) is 12.3 Å². The molecule has 2 heterocycles. The molecule has 2 rings (SSSR count). The van der Waals surface area contributed by atoms with Crippen molar-refractivity contribution in [1.82, 2.24) is 9.88 Å². The van der Waals surface area contributed by atoms with Crippen molar-refractivity contribution in [1.29, 1.82) is 0 Å². The van der Waals surface area contributed by atoms with Gasteiger partial charge in [-0.3, -0.25) is 10.1 Å². The van der Waals surface area contributed by atoms with Gasteiger partial charge in [-0.1, -0.05) is 11.6 Å². The predicted octanol–water partition coefficient (Wildman–Crippen LogP) is 1.67. The van der Waals surface area contributed by atoms with Crippen molar-refractivity contribution in [3.63, 3.8) is 0 Å². The summed E-state index contributed by atoms with van der Waals surface area (Å²) in [6, 6.07) is 1.45. The van der Waals surface area contributed by atoms with Gasteiger partial charge >= 0.3 is 0 Å². The first-order chi connectivity index (χ1) is 6.18. The fraction of sp³-hybridized carbons (Fsp3) is 0.143. The van der Waals surface area contributed by atoms with Crippen molar-refractivity contribution in [3.8, 4) is 0 Å². The summed E-state index contributed by atoms with van der Waals surface area (Å²) < 4.78 is 1.63. The van der Waals surface area contributed by atoms with Gasteiger partial charge in [0.25, 0.3) is 5.69 Å². The molecular formula is C7H6ClN3O2. The highest BCUT2D eigenvalue weighted by Gasteiger charge is 2.19. The maximum atomic E-state index is 10.4. The van der Waals surface area contributed by atoms with Crippen LogP contribution in [0, 0.1) is 10.1 Å². The van der Waals surface area contributed by atoms with Crippen molar-refractivity contribution in [2.45, 2.75) is 5.50 Å². The van der Waals surface area contributed by atoms with Crippen molar-refractivity contribution in [2.24, 2.45) is 0 Å². The molecule has 1 aliphatic rings. The Bertz CT molecular complexity index is 385. The first-order valence-electron chi connectivity index (χ1n) is 3.61. The number of hydrogen-bond acceptors (Lipinski definition) is 3. The standard InChI is InChI=1S/C7H6ClN3O2/c8-7-6-3-5(11(12)13)4-10(6)2-1-9-7/h1-4,7,9H. The predicted molar refractivity (Wildman–Crippen MR) is 48.1 cm³/mol. The summed E-state index contributed by atoms with van der Waals surface area (Å²) in [6.07, 6.45) is 4.76. The van der Waals surface area contributed by atoms with Crippen LogP contribution in [0.2, 0.25) is 0 Å². The van der Waals surface area contributed by atoms with Gasteiger partial charge in [-0.2, -0.15) is 0 Å². The number of hydrogen-bond donors (Lipinski definition) is 1. The van der Waals surface area contributed by atoms with Gasteiger partial charge in [-0.25, -0.2) is 0 Å². The monoisotopic (exact) mass is 199 g/mol. The number of nitro groups is 1. The number of halogens is 1. The lowest BCUT2D eigenvalue weighted by Crippen LogP contribution is -2.16. The second kappa shape index (κ2) is 2.77. The lowest BCUT2D eigenvalue weighted by Gasteiger charge is -2.15. The van der Waals surface area contributed by atoms with E-state index in [0.717, 1.165) is 0 Å². The van der Waals surface area contributed by atoms with Crippen LogP contribution in [-0.2, 0) is 0 Å². The van der Waals surface area contributed by atoms with Crippen LogP contribution in [0.4, 0.5) is 5.69 Å². The van der Waals surface area contributed by atoms with Gasteiger partial charge in [-0.15, -0.1) is 0 Å². The number of aromatic nitrogens is 1. The Morgan fingerprint density at radius 3 is 3.08 bits per heavy atom. The van der Waals surface area contributed by atoms with Crippen molar-refractivity contribution < 1.29 is 4.92 Å². The van der Waals surface area contributed by atoms with Gasteiger partial charge < -0.3 is 9.88 Å². The molecule has 0 amide bonds. The van der Waals surface area contributed by atoms with Crippen molar-refractivity contribution in [2.75, 3.05) is 0 Å². The molecular weight excluding hydrogens is 194 g/mol. The van der Waals surface area contributed by atoms with Crippen LogP contribution >= 0.6 is 11.6 Å². The first-order valence-corrected chi connectivity index (χ1v) is 4.05. The summed E-state index contributed by atoms with van der Waals surface area (Å²) in [7, 11) is 0. The molecule has 0 fully saturated rings. The number of fused-ring (bicyclic) bond motifs is 1. The van der Waals surface area contributed by atoms with Gasteiger partial charge in [0.15, 0.2) is 0 Å². The summed E-state index contributed by atoms with van der Waals surface area (Å²) >= 11 is 5.86. The molecule has 13 heavy (non-hydrogen) atoms. The second-order valence-electron chi connectivity index (χ2n) is 2.63. The maximum Gasteiger partial charge on any atom is 0.287 e. The number of nitrogens with zero attached hydrogens (tertiary/aromatic N) is 2. The third-order valence-corrected chi connectivity index (χ3v) is 2.16. The third kappa shape index (κ3) is 1.27. The highest BCUT2D eigenvalue weighted by atomic mass is 35.5. The molecule has 0 aromatic carbocycles. The Morgan fingerprint density at radius 1 is 1.69 bits per heavy atom. The minimum absolute atomic E-state index is 0.0500. The topological polar surface area (TPSA) is 60.1 Å². The van der Waals surface area contributed by atoms with Crippen LogP contribution in [0.15, 0.2) is 18.5 Å². The number of alkyl halides is 1. The first kappa shape index (κ1) is 8.12. The van der Waals surface area contributed by atoms with E-state index in [1.807, 2.05) is 0 Å². The largest absolute Gasteiger partial charge is 0.369 e. The molecule has 1 aromatic heterocycles. The van der Waals surface area contributed by atoms with E-state index in [2.05, 4.69) is 5.32 Å². The van der Waals surface area contributed by atoms with E-state index in [9.17, 15) is 10.1 Å². The summed E-state index contributed by atoms with van der Waals surface area (Å²) in [6.45, 7) is 0. The minimum Gasteiger partial charge on any atom is -0.369 e. The molecule has 1 unspecified atom stereocenters. The summed E-state index contributed by atoms with van der Waals surface area (Å²) in [5, 5.41) is 13.3. The maximum absolute atomic E-state index is 10.4.